The second-order valence-electron chi connectivity index (χ2n) is 6.77. The number of amides is 1. The molecule has 2 heterocycles. The van der Waals surface area contributed by atoms with Crippen LogP contribution < -0.4 is 16.6 Å². The molecule has 0 saturated heterocycles. The van der Waals surface area contributed by atoms with Crippen LogP contribution in [-0.4, -0.2) is 25.0 Å². The van der Waals surface area contributed by atoms with E-state index in [1.165, 1.54) is 35.0 Å². The minimum Gasteiger partial charge on any atom is -0.325 e. The molecule has 4 rings (SSSR count). The fourth-order valence-electron chi connectivity index (χ4n) is 3.23. The van der Waals surface area contributed by atoms with E-state index >= 15 is 0 Å². The molecule has 0 unspecified atom stereocenters. The van der Waals surface area contributed by atoms with Gasteiger partial charge >= 0.3 is 5.69 Å². The van der Waals surface area contributed by atoms with Gasteiger partial charge in [-0.15, -0.1) is 0 Å². The van der Waals surface area contributed by atoms with Gasteiger partial charge in [0.15, 0.2) is 11.5 Å². The fourth-order valence-corrected chi connectivity index (χ4v) is 3.23. The normalized spacial score (nSPS) is 10.9. The molecule has 0 bridgehead atoms. The Morgan fingerprint density at radius 3 is 2.42 bits per heavy atom. The second-order valence-corrected chi connectivity index (χ2v) is 6.77. The predicted molar refractivity (Wildman–Crippen MR) is 114 cm³/mol. The van der Waals surface area contributed by atoms with E-state index in [-0.39, 0.29) is 17.6 Å². The average molecular weight is 419 g/mol. The molecule has 0 aliphatic rings. The molecule has 156 valence electrons. The van der Waals surface area contributed by atoms with E-state index in [9.17, 15) is 18.8 Å². The van der Waals surface area contributed by atoms with E-state index in [0.717, 1.165) is 10.1 Å². The first-order valence-corrected chi connectivity index (χ1v) is 9.59. The molecule has 2 aromatic heterocycles. The van der Waals surface area contributed by atoms with Gasteiger partial charge in [0.25, 0.3) is 5.56 Å². The molecule has 0 saturated carbocycles. The lowest BCUT2D eigenvalue weighted by molar-refractivity contribution is -0.116. The summed E-state index contributed by atoms with van der Waals surface area (Å²) in [5, 5.41) is 2.68. The summed E-state index contributed by atoms with van der Waals surface area (Å²) in [6, 6.07) is 14.4. The molecule has 0 atom stereocenters. The zero-order chi connectivity index (χ0) is 22.0. The smallest absolute Gasteiger partial charge is 0.325 e. The second kappa shape index (κ2) is 8.31. The quantitative estimate of drug-likeness (QED) is 0.536. The van der Waals surface area contributed by atoms with Crippen LogP contribution >= 0.6 is 0 Å². The number of rotatable bonds is 5. The van der Waals surface area contributed by atoms with Crippen LogP contribution in [0.3, 0.4) is 0 Å². The standard InChI is InChI=1S/C22H18FN5O3/c1-2-27-20-17(12-24-19(26-20)14-6-4-3-5-7-14)21(30)28(22(27)31)13-18(29)25-16-10-8-15(23)9-11-16/h3-12H,2,13H2,1H3,(H,25,29). The third-order valence-electron chi connectivity index (χ3n) is 4.74. The number of aromatic nitrogens is 4. The number of benzene rings is 2. The number of carbonyl (C=O) groups is 1. The van der Waals surface area contributed by atoms with Gasteiger partial charge in [0.1, 0.15) is 17.7 Å². The summed E-state index contributed by atoms with van der Waals surface area (Å²) in [6.45, 7) is 1.50. The van der Waals surface area contributed by atoms with E-state index in [0.29, 0.717) is 11.5 Å². The highest BCUT2D eigenvalue weighted by Crippen LogP contribution is 2.16. The van der Waals surface area contributed by atoms with E-state index in [4.69, 9.17) is 0 Å². The number of halogens is 1. The van der Waals surface area contributed by atoms with Crippen molar-refractivity contribution in [1.29, 1.82) is 0 Å². The molecule has 31 heavy (non-hydrogen) atoms. The van der Waals surface area contributed by atoms with Crippen LogP contribution in [0.1, 0.15) is 6.92 Å². The van der Waals surface area contributed by atoms with E-state index in [1.807, 2.05) is 30.3 Å². The van der Waals surface area contributed by atoms with Crippen molar-refractivity contribution in [1.82, 2.24) is 19.1 Å². The Morgan fingerprint density at radius 2 is 1.74 bits per heavy atom. The van der Waals surface area contributed by atoms with Crippen molar-refractivity contribution < 1.29 is 9.18 Å². The fraction of sp³-hybridized carbons (Fsp3) is 0.136. The van der Waals surface area contributed by atoms with Gasteiger partial charge in [-0.1, -0.05) is 30.3 Å². The highest BCUT2D eigenvalue weighted by atomic mass is 19.1. The highest BCUT2D eigenvalue weighted by molar-refractivity contribution is 5.90. The van der Waals surface area contributed by atoms with Crippen molar-refractivity contribution in [3.63, 3.8) is 0 Å². The lowest BCUT2D eigenvalue weighted by atomic mass is 10.2. The van der Waals surface area contributed by atoms with Crippen molar-refractivity contribution >= 4 is 22.6 Å². The summed E-state index contributed by atoms with van der Waals surface area (Å²) in [7, 11) is 0. The molecule has 1 N–H and O–H groups in total. The Labute approximate surface area is 175 Å². The van der Waals surface area contributed by atoms with Crippen LogP contribution in [0.4, 0.5) is 10.1 Å². The van der Waals surface area contributed by atoms with Crippen molar-refractivity contribution in [2.45, 2.75) is 20.0 Å². The Morgan fingerprint density at radius 1 is 1.03 bits per heavy atom. The van der Waals surface area contributed by atoms with Gasteiger partial charge < -0.3 is 5.32 Å². The number of nitrogens with zero attached hydrogens (tertiary/aromatic N) is 4. The van der Waals surface area contributed by atoms with E-state index in [1.54, 1.807) is 6.92 Å². The number of aryl methyl sites for hydroxylation is 1. The van der Waals surface area contributed by atoms with E-state index in [2.05, 4.69) is 15.3 Å². The summed E-state index contributed by atoms with van der Waals surface area (Å²) in [5.41, 5.74) is 0.0151. The Kier molecular flexibility index (Phi) is 5.40. The molecule has 0 spiro atoms. The van der Waals surface area contributed by atoms with Gasteiger partial charge in [-0.05, 0) is 31.2 Å². The van der Waals surface area contributed by atoms with Gasteiger partial charge in [0.05, 0.1) is 0 Å². The Balaban J connectivity index is 1.74. The number of hydrogen-bond acceptors (Lipinski definition) is 5. The van der Waals surface area contributed by atoms with Crippen molar-refractivity contribution in [3.8, 4) is 11.4 Å². The average Bonchev–Trinajstić information content (AvgIpc) is 2.79. The summed E-state index contributed by atoms with van der Waals surface area (Å²) in [5.74, 6) is -0.639. The largest absolute Gasteiger partial charge is 0.333 e. The molecule has 0 radical (unpaired) electrons. The Bertz CT molecular complexity index is 1380. The first-order chi connectivity index (χ1) is 15.0. The molecule has 0 aliphatic heterocycles. The number of anilines is 1. The van der Waals surface area contributed by atoms with Crippen molar-refractivity contribution in [3.05, 3.63) is 87.4 Å². The minimum atomic E-state index is -0.654. The zero-order valence-electron chi connectivity index (χ0n) is 16.6. The van der Waals surface area contributed by atoms with Crippen molar-refractivity contribution in [2.24, 2.45) is 0 Å². The monoisotopic (exact) mass is 419 g/mol. The maximum absolute atomic E-state index is 13.0. The lowest BCUT2D eigenvalue weighted by Gasteiger charge is -2.13. The molecular formula is C22H18FN5O3. The summed E-state index contributed by atoms with van der Waals surface area (Å²) in [6.07, 6.45) is 1.37. The summed E-state index contributed by atoms with van der Waals surface area (Å²) < 4.78 is 15.2. The maximum atomic E-state index is 13.0. The lowest BCUT2D eigenvalue weighted by Crippen LogP contribution is -2.42. The third-order valence-corrected chi connectivity index (χ3v) is 4.74. The minimum absolute atomic E-state index is 0.135. The van der Waals surface area contributed by atoms with Gasteiger partial charge in [0, 0.05) is 24.0 Å². The molecule has 0 aliphatic carbocycles. The van der Waals surface area contributed by atoms with Crippen LogP contribution in [0.15, 0.2) is 70.4 Å². The molecule has 4 aromatic rings. The van der Waals surface area contributed by atoms with Gasteiger partial charge in [-0.2, -0.15) is 0 Å². The summed E-state index contributed by atoms with van der Waals surface area (Å²) >= 11 is 0. The Hall–Kier alpha value is -4.14. The topological polar surface area (TPSA) is 98.9 Å². The first-order valence-electron chi connectivity index (χ1n) is 9.59. The highest BCUT2D eigenvalue weighted by Gasteiger charge is 2.17. The number of fused-ring (bicyclic) bond motifs is 1. The molecule has 9 heteroatoms. The summed E-state index contributed by atoms with van der Waals surface area (Å²) in [4.78, 5) is 47.0. The maximum Gasteiger partial charge on any atom is 0.333 e. The van der Waals surface area contributed by atoms with Gasteiger partial charge in [-0.3, -0.25) is 18.7 Å². The van der Waals surface area contributed by atoms with Crippen LogP contribution in [-0.2, 0) is 17.9 Å². The zero-order valence-corrected chi connectivity index (χ0v) is 16.6. The molecule has 1 amide bonds. The number of carbonyl (C=O) groups excluding carboxylic acids is 1. The van der Waals surface area contributed by atoms with Crippen LogP contribution in [0.25, 0.3) is 22.4 Å². The molecular weight excluding hydrogens is 401 g/mol. The van der Waals surface area contributed by atoms with Gasteiger partial charge in [-0.25, -0.2) is 19.2 Å². The molecule has 8 nitrogen and oxygen atoms in total. The van der Waals surface area contributed by atoms with Crippen LogP contribution in [0, 0.1) is 5.82 Å². The number of hydrogen-bond donors (Lipinski definition) is 1. The van der Waals surface area contributed by atoms with E-state index < -0.39 is 29.5 Å². The first kappa shape index (κ1) is 20.1. The SMILES string of the molecule is CCn1c(=O)n(CC(=O)Nc2ccc(F)cc2)c(=O)c2cnc(-c3ccccc3)nc21. The van der Waals surface area contributed by atoms with Gasteiger partial charge in [0.2, 0.25) is 5.91 Å². The molecule has 2 aromatic carbocycles. The number of nitrogens with one attached hydrogen (secondary N) is 1. The predicted octanol–water partition coefficient (Wildman–Crippen LogP) is 2.42. The molecule has 0 fully saturated rings. The third kappa shape index (κ3) is 3.97. The van der Waals surface area contributed by atoms with Crippen LogP contribution in [0.5, 0.6) is 0 Å². The van der Waals surface area contributed by atoms with Crippen molar-refractivity contribution in [2.75, 3.05) is 5.32 Å². The van der Waals surface area contributed by atoms with Crippen LogP contribution in [0.2, 0.25) is 0 Å².